The summed E-state index contributed by atoms with van der Waals surface area (Å²) < 4.78 is 25.7. The molecule has 26 heavy (non-hydrogen) atoms. The molecule has 0 aliphatic carbocycles. The van der Waals surface area contributed by atoms with Gasteiger partial charge in [-0.25, -0.2) is 8.42 Å². The van der Waals surface area contributed by atoms with E-state index in [4.69, 9.17) is 23.2 Å². The highest BCUT2D eigenvalue weighted by atomic mass is 35.5. The second kappa shape index (κ2) is 8.29. The summed E-state index contributed by atoms with van der Waals surface area (Å²) >= 11 is 11.7. The Morgan fingerprint density at radius 2 is 1.46 bits per heavy atom. The molecule has 140 valence electrons. The van der Waals surface area contributed by atoms with Crippen molar-refractivity contribution in [2.75, 3.05) is 17.6 Å². The third-order valence-corrected chi connectivity index (χ3v) is 5.60. The molecule has 2 rings (SSSR count). The molecular formula is C18H20Cl2N2O3S. The van der Waals surface area contributed by atoms with E-state index in [2.05, 4.69) is 0 Å². The predicted molar refractivity (Wildman–Crippen MR) is 106 cm³/mol. The number of hydrogen-bond donors (Lipinski definition) is 0. The van der Waals surface area contributed by atoms with Gasteiger partial charge in [-0.15, -0.1) is 0 Å². The number of hydrogen-bond acceptors (Lipinski definition) is 3. The van der Waals surface area contributed by atoms with E-state index in [-0.39, 0.29) is 5.91 Å². The third-order valence-electron chi connectivity index (χ3n) is 3.86. The van der Waals surface area contributed by atoms with Crippen molar-refractivity contribution >= 4 is 44.8 Å². The van der Waals surface area contributed by atoms with Crippen LogP contribution in [0.5, 0.6) is 0 Å². The summed E-state index contributed by atoms with van der Waals surface area (Å²) in [5, 5.41) is 1.10. The van der Waals surface area contributed by atoms with Gasteiger partial charge in [-0.3, -0.25) is 9.10 Å². The van der Waals surface area contributed by atoms with Crippen LogP contribution in [-0.4, -0.2) is 38.6 Å². The minimum absolute atomic E-state index is 0.319. The fourth-order valence-electron chi connectivity index (χ4n) is 2.65. The number of halogens is 2. The zero-order valence-corrected chi connectivity index (χ0v) is 17.0. The van der Waals surface area contributed by atoms with Gasteiger partial charge >= 0.3 is 0 Å². The first-order valence-corrected chi connectivity index (χ1v) is 10.4. The van der Waals surface area contributed by atoms with Crippen LogP contribution in [0, 0.1) is 0 Å². The van der Waals surface area contributed by atoms with Crippen molar-refractivity contribution in [2.24, 2.45) is 0 Å². The van der Waals surface area contributed by atoms with Crippen LogP contribution in [0.4, 0.5) is 5.69 Å². The highest BCUT2D eigenvalue weighted by molar-refractivity contribution is 7.92. The summed E-state index contributed by atoms with van der Waals surface area (Å²) in [5.41, 5.74) is 1.28. The predicted octanol–water partition coefficient (Wildman–Crippen LogP) is 3.81. The molecule has 0 saturated heterocycles. The topological polar surface area (TPSA) is 57.7 Å². The maximum absolute atomic E-state index is 12.8. The minimum Gasteiger partial charge on any atom is -0.340 e. The Labute approximate surface area is 164 Å². The number of sulfonamides is 1. The Morgan fingerprint density at radius 3 is 1.92 bits per heavy atom. The van der Waals surface area contributed by atoms with Crippen molar-refractivity contribution in [1.29, 1.82) is 0 Å². The molecule has 0 unspecified atom stereocenters. The van der Waals surface area contributed by atoms with Crippen LogP contribution < -0.4 is 4.31 Å². The summed E-state index contributed by atoms with van der Waals surface area (Å²) in [6, 6.07) is 12.6. The van der Waals surface area contributed by atoms with Crippen LogP contribution in [-0.2, 0) is 21.4 Å². The van der Waals surface area contributed by atoms with E-state index in [1.165, 1.54) is 4.90 Å². The molecule has 0 radical (unpaired) electrons. The SMILES string of the molecule is C[C@H](C(=O)N(C)Cc1ccc(Cl)cc1)N(c1ccc(Cl)cc1)S(C)(=O)=O. The van der Waals surface area contributed by atoms with Crippen LogP contribution in [0.1, 0.15) is 12.5 Å². The van der Waals surface area contributed by atoms with Crippen LogP contribution in [0.2, 0.25) is 10.0 Å². The van der Waals surface area contributed by atoms with Crippen LogP contribution in [0.3, 0.4) is 0 Å². The molecule has 0 bridgehead atoms. The lowest BCUT2D eigenvalue weighted by Crippen LogP contribution is -2.48. The van der Waals surface area contributed by atoms with Crippen LogP contribution in [0.15, 0.2) is 48.5 Å². The average Bonchev–Trinajstić information content (AvgIpc) is 2.57. The van der Waals surface area contributed by atoms with Crippen molar-refractivity contribution in [3.63, 3.8) is 0 Å². The van der Waals surface area contributed by atoms with E-state index in [0.717, 1.165) is 16.1 Å². The second-order valence-electron chi connectivity index (χ2n) is 6.03. The van der Waals surface area contributed by atoms with Gasteiger partial charge in [0.25, 0.3) is 0 Å². The van der Waals surface area contributed by atoms with E-state index in [0.29, 0.717) is 22.3 Å². The summed E-state index contributed by atoms with van der Waals surface area (Å²) in [6.45, 7) is 1.91. The zero-order valence-electron chi connectivity index (χ0n) is 14.7. The van der Waals surface area contributed by atoms with Gasteiger partial charge in [-0.2, -0.15) is 0 Å². The largest absolute Gasteiger partial charge is 0.340 e. The molecule has 0 fully saturated rings. The number of likely N-dealkylation sites (N-methyl/N-ethyl adjacent to an activating group) is 1. The monoisotopic (exact) mass is 414 g/mol. The first-order valence-electron chi connectivity index (χ1n) is 7.84. The summed E-state index contributed by atoms with van der Waals surface area (Å²) in [6.07, 6.45) is 1.07. The first-order chi connectivity index (χ1) is 12.1. The van der Waals surface area contributed by atoms with Gasteiger partial charge < -0.3 is 4.90 Å². The number of nitrogens with zero attached hydrogens (tertiary/aromatic N) is 2. The fourth-order valence-corrected chi connectivity index (χ4v) is 4.07. The molecule has 0 aromatic heterocycles. The van der Waals surface area contributed by atoms with Crippen molar-refractivity contribution < 1.29 is 13.2 Å². The first kappa shape index (κ1) is 20.6. The van der Waals surface area contributed by atoms with E-state index < -0.39 is 16.1 Å². The van der Waals surface area contributed by atoms with E-state index >= 15 is 0 Å². The average molecular weight is 415 g/mol. The third kappa shape index (κ3) is 5.13. The number of amides is 1. The molecule has 0 saturated carbocycles. The van der Waals surface area contributed by atoms with Gasteiger partial charge in [-0.05, 0) is 48.9 Å². The Kier molecular flexibility index (Phi) is 6.55. The zero-order chi connectivity index (χ0) is 19.5. The van der Waals surface area contributed by atoms with Gasteiger partial charge in [0.15, 0.2) is 0 Å². The molecule has 2 aromatic carbocycles. The summed E-state index contributed by atoms with van der Waals surface area (Å²) in [5.74, 6) is -0.319. The summed E-state index contributed by atoms with van der Waals surface area (Å²) in [4.78, 5) is 14.3. The molecule has 0 heterocycles. The van der Waals surface area contributed by atoms with Crippen LogP contribution in [0.25, 0.3) is 0 Å². The van der Waals surface area contributed by atoms with Gasteiger partial charge in [0.2, 0.25) is 15.9 Å². The molecule has 1 amide bonds. The standard InChI is InChI=1S/C18H20Cl2N2O3S/c1-13(18(23)21(2)12-14-4-6-15(19)7-5-14)22(26(3,24)25)17-10-8-16(20)9-11-17/h4-11,13H,12H2,1-3H3/t13-/m1/s1. The highest BCUT2D eigenvalue weighted by Crippen LogP contribution is 2.24. The Morgan fingerprint density at radius 1 is 1.00 bits per heavy atom. The molecule has 0 aliphatic heterocycles. The smallest absolute Gasteiger partial charge is 0.246 e. The maximum Gasteiger partial charge on any atom is 0.246 e. The van der Waals surface area contributed by atoms with E-state index in [9.17, 15) is 13.2 Å². The lowest BCUT2D eigenvalue weighted by atomic mass is 10.2. The van der Waals surface area contributed by atoms with Crippen molar-refractivity contribution in [2.45, 2.75) is 19.5 Å². The molecule has 0 aliphatic rings. The van der Waals surface area contributed by atoms with Gasteiger partial charge in [-0.1, -0.05) is 35.3 Å². The fraction of sp³-hybridized carbons (Fsp3) is 0.278. The van der Waals surface area contributed by atoms with E-state index in [1.807, 2.05) is 12.1 Å². The van der Waals surface area contributed by atoms with Crippen molar-refractivity contribution in [3.8, 4) is 0 Å². The number of carbonyl (C=O) groups is 1. The Bertz CT molecular complexity index is 868. The normalized spacial score (nSPS) is 12.5. The molecule has 8 heteroatoms. The Balaban J connectivity index is 2.23. The Hall–Kier alpha value is -1.76. The molecule has 5 nitrogen and oxygen atoms in total. The molecular weight excluding hydrogens is 395 g/mol. The molecule has 0 N–H and O–H groups in total. The molecule has 2 aromatic rings. The van der Waals surface area contributed by atoms with E-state index in [1.54, 1.807) is 50.4 Å². The molecule has 1 atom stereocenters. The number of anilines is 1. The number of rotatable bonds is 6. The quantitative estimate of drug-likeness (QED) is 0.721. The summed E-state index contributed by atoms with van der Waals surface area (Å²) in [7, 11) is -2.03. The minimum atomic E-state index is -3.66. The highest BCUT2D eigenvalue weighted by Gasteiger charge is 2.30. The van der Waals surface area contributed by atoms with Gasteiger partial charge in [0, 0.05) is 23.6 Å². The lowest BCUT2D eigenvalue weighted by Gasteiger charge is -2.31. The lowest BCUT2D eigenvalue weighted by molar-refractivity contribution is -0.131. The van der Waals surface area contributed by atoms with Gasteiger partial charge in [0.1, 0.15) is 6.04 Å². The number of carbonyl (C=O) groups excluding carboxylic acids is 1. The van der Waals surface area contributed by atoms with Crippen molar-refractivity contribution in [3.05, 3.63) is 64.1 Å². The van der Waals surface area contributed by atoms with Crippen LogP contribution >= 0.6 is 23.2 Å². The number of benzene rings is 2. The maximum atomic E-state index is 12.8. The molecule has 0 spiro atoms. The second-order valence-corrected chi connectivity index (χ2v) is 8.76. The van der Waals surface area contributed by atoms with Crippen molar-refractivity contribution in [1.82, 2.24) is 4.90 Å². The van der Waals surface area contributed by atoms with Gasteiger partial charge in [0.05, 0.1) is 11.9 Å².